The van der Waals surface area contributed by atoms with E-state index >= 15 is 0 Å². The minimum Gasteiger partial charge on any atom is -0.480 e. The molecule has 0 aliphatic rings. The Morgan fingerprint density at radius 2 is 2.08 bits per heavy atom. The fraction of sp³-hybridized carbons (Fsp3) is 0.857. The zero-order valence-corrected chi connectivity index (χ0v) is 8.01. The normalized spacial score (nSPS) is 15.6. The van der Waals surface area contributed by atoms with Crippen LogP contribution in [0.25, 0.3) is 0 Å². The molecule has 4 nitrogen and oxygen atoms in total. The minimum atomic E-state index is -0.951. The smallest absolute Gasteiger partial charge is 0.321 e. The van der Waals surface area contributed by atoms with E-state index in [0.717, 1.165) is 12.2 Å². The van der Waals surface area contributed by atoms with Crippen molar-refractivity contribution in [1.29, 1.82) is 0 Å². The molecule has 0 saturated heterocycles. The Labute approximate surface area is 76.7 Å². The fourth-order valence-electron chi connectivity index (χ4n) is 0.536. The van der Waals surface area contributed by atoms with Crippen LogP contribution in [-0.2, 0) is 4.79 Å². The van der Waals surface area contributed by atoms with Crippen molar-refractivity contribution in [2.45, 2.75) is 25.4 Å². The summed E-state index contributed by atoms with van der Waals surface area (Å²) in [5, 5.41) is 8.43. The number of aliphatic carboxylic acids is 1. The van der Waals surface area contributed by atoms with Gasteiger partial charge < -0.3 is 16.6 Å². The highest BCUT2D eigenvalue weighted by Gasteiger charge is 2.11. The van der Waals surface area contributed by atoms with Crippen molar-refractivity contribution in [2.24, 2.45) is 11.5 Å². The largest absolute Gasteiger partial charge is 0.480 e. The first-order valence-corrected chi connectivity index (χ1v) is 5.05. The Balaban J connectivity index is 3.37. The van der Waals surface area contributed by atoms with Gasteiger partial charge in [-0.1, -0.05) is 6.92 Å². The molecule has 0 aliphatic carbocycles. The van der Waals surface area contributed by atoms with Gasteiger partial charge >= 0.3 is 5.97 Å². The second-order valence-electron chi connectivity index (χ2n) is 2.65. The molecule has 0 fully saturated rings. The van der Waals surface area contributed by atoms with E-state index < -0.39 is 12.0 Å². The zero-order chi connectivity index (χ0) is 9.56. The topological polar surface area (TPSA) is 89.3 Å². The maximum absolute atomic E-state index is 10.3. The first-order valence-electron chi connectivity index (χ1n) is 3.89. The van der Waals surface area contributed by atoms with Gasteiger partial charge in [-0.05, 0) is 6.42 Å². The molecule has 0 heterocycles. The molecule has 0 radical (unpaired) electrons. The maximum atomic E-state index is 10.3. The zero-order valence-electron chi connectivity index (χ0n) is 7.19. The fourth-order valence-corrected chi connectivity index (χ4v) is 1.61. The molecule has 0 spiro atoms. The average molecular weight is 192 g/mol. The number of nitrogens with two attached hydrogens (primary N) is 2. The second kappa shape index (κ2) is 6.28. The quantitative estimate of drug-likeness (QED) is 0.545. The molecular weight excluding hydrogens is 176 g/mol. The molecule has 0 bridgehead atoms. The molecule has 5 heteroatoms. The van der Waals surface area contributed by atoms with E-state index in [-0.39, 0.29) is 6.04 Å². The van der Waals surface area contributed by atoms with Crippen LogP contribution in [0, 0.1) is 0 Å². The Morgan fingerprint density at radius 3 is 2.50 bits per heavy atom. The highest BCUT2D eigenvalue weighted by molar-refractivity contribution is 7.99. The second-order valence-corrected chi connectivity index (χ2v) is 3.73. The van der Waals surface area contributed by atoms with Crippen molar-refractivity contribution in [3.8, 4) is 0 Å². The number of rotatable bonds is 6. The van der Waals surface area contributed by atoms with Gasteiger partial charge in [0.25, 0.3) is 0 Å². The van der Waals surface area contributed by atoms with Crippen molar-refractivity contribution >= 4 is 17.7 Å². The maximum Gasteiger partial charge on any atom is 0.321 e. The van der Waals surface area contributed by atoms with Crippen LogP contribution in [-0.4, -0.2) is 34.7 Å². The SMILES string of the molecule is CC[C@H](N)CSC[C@H](N)C(=O)O. The highest BCUT2D eigenvalue weighted by atomic mass is 32.2. The molecule has 72 valence electrons. The van der Waals surface area contributed by atoms with Gasteiger partial charge in [-0.25, -0.2) is 0 Å². The summed E-state index contributed by atoms with van der Waals surface area (Å²) in [5.41, 5.74) is 10.9. The van der Waals surface area contributed by atoms with Gasteiger partial charge in [-0.3, -0.25) is 4.79 Å². The highest BCUT2D eigenvalue weighted by Crippen LogP contribution is 2.04. The lowest BCUT2D eigenvalue weighted by atomic mass is 10.3. The number of thioether (sulfide) groups is 1. The summed E-state index contributed by atoms with van der Waals surface area (Å²) in [7, 11) is 0. The van der Waals surface area contributed by atoms with Crippen LogP contribution in [0.1, 0.15) is 13.3 Å². The van der Waals surface area contributed by atoms with Gasteiger partial charge in [0.2, 0.25) is 0 Å². The van der Waals surface area contributed by atoms with E-state index in [0.29, 0.717) is 5.75 Å². The molecule has 12 heavy (non-hydrogen) atoms. The number of carboxylic acid groups (broad SMARTS) is 1. The van der Waals surface area contributed by atoms with Crippen molar-refractivity contribution < 1.29 is 9.90 Å². The average Bonchev–Trinajstić information content (AvgIpc) is 2.03. The van der Waals surface area contributed by atoms with Crippen LogP contribution in [0.3, 0.4) is 0 Å². The van der Waals surface area contributed by atoms with E-state index in [4.69, 9.17) is 16.6 Å². The molecule has 0 aromatic heterocycles. The first-order chi connectivity index (χ1) is 5.57. The van der Waals surface area contributed by atoms with E-state index in [1.54, 1.807) is 0 Å². The van der Waals surface area contributed by atoms with E-state index in [1.165, 1.54) is 11.8 Å². The van der Waals surface area contributed by atoms with Crippen LogP contribution in [0.2, 0.25) is 0 Å². The summed E-state index contributed by atoms with van der Waals surface area (Å²) in [6.45, 7) is 2.00. The lowest BCUT2D eigenvalue weighted by Crippen LogP contribution is -2.33. The van der Waals surface area contributed by atoms with Gasteiger partial charge in [-0.2, -0.15) is 11.8 Å². The van der Waals surface area contributed by atoms with Crippen LogP contribution < -0.4 is 11.5 Å². The first kappa shape index (κ1) is 11.7. The van der Waals surface area contributed by atoms with Crippen molar-refractivity contribution in [2.75, 3.05) is 11.5 Å². The summed E-state index contributed by atoms with van der Waals surface area (Å²) >= 11 is 1.49. The summed E-state index contributed by atoms with van der Waals surface area (Å²) in [5.74, 6) is 0.258. The molecule has 0 aromatic rings. The van der Waals surface area contributed by atoms with Crippen molar-refractivity contribution in [3.63, 3.8) is 0 Å². The molecule has 0 unspecified atom stereocenters. The van der Waals surface area contributed by atoms with E-state index in [1.807, 2.05) is 6.92 Å². The monoisotopic (exact) mass is 192 g/mol. The summed E-state index contributed by atoms with van der Waals surface area (Å²) in [6, 6.07) is -0.616. The minimum absolute atomic E-state index is 0.149. The standard InChI is InChI=1S/C7H16N2O2S/c1-2-5(8)3-12-4-6(9)7(10)11/h5-6H,2-4,8-9H2,1H3,(H,10,11)/t5-,6-/m0/s1. The Hall–Kier alpha value is -0.260. The summed E-state index contributed by atoms with van der Waals surface area (Å²) < 4.78 is 0. The lowest BCUT2D eigenvalue weighted by Gasteiger charge is -2.09. The Morgan fingerprint density at radius 1 is 1.50 bits per heavy atom. The molecule has 0 aromatic carbocycles. The Bertz CT molecular complexity index is 143. The van der Waals surface area contributed by atoms with Crippen molar-refractivity contribution in [3.05, 3.63) is 0 Å². The number of hydrogen-bond acceptors (Lipinski definition) is 4. The molecule has 0 rings (SSSR count). The van der Waals surface area contributed by atoms with Gasteiger partial charge in [0.1, 0.15) is 6.04 Å². The van der Waals surface area contributed by atoms with Crippen molar-refractivity contribution in [1.82, 2.24) is 0 Å². The predicted octanol–water partition coefficient (Wildman–Crippen LogP) is -0.131. The third-order valence-electron chi connectivity index (χ3n) is 1.47. The van der Waals surface area contributed by atoms with Gasteiger partial charge in [0.15, 0.2) is 0 Å². The molecule has 0 saturated carbocycles. The van der Waals surface area contributed by atoms with Crippen LogP contribution in [0.5, 0.6) is 0 Å². The number of carbonyl (C=O) groups is 1. The van der Waals surface area contributed by atoms with Crippen LogP contribution in [0.4, 0.5) is 0 Å². The van der Waals surface area contributed by atoms with E-state index in [2.05, 4.69) is 0 Å². The third kappa shape index (κ3) is 5.40. The van der Waals surface area contributed by atoms with Crippen LogP contribution >= 0.6 is 11.8 Å². The molecule has 5 N–H and O–H groups in total. The summed E-state index contributed by atoms with van der Waals surface area (Å²) in [6.07, 6.45) is 0.912. The molecule has 2 atom stereocenters. The van der Waals surface area contributed by atoms with Gasteiger partial charge in [-0.15, -0.1) is 0 Å². The van der Waals surface area contributed by atoms with Gasteiger partial charge in [0.05, 0.1) is 0 Å². The lowest BCUT2D eigenvalue weighted by molar-refractivity contribution is -0.137. The van der Waals surface area contributed by atoms with Crippen LogP contribution in [0.15, 0.2) is 0 Å². The number of hydrogen-bond donors (Lipinski definition) is 3. The molecular formula is C7H16N2O2S. The number of carboxylic acids is 1. The Kier molecular flexibility index (Phi) is 6.14. The van der Waals surface area contributed by atoms with Gasteiger partial charge in [0, 0.05) is 17.5 Å². The molecule has 0 aliphatic heterocycles. The third-order valence-corrected chi connectivity index (χ3v) is 2.73. The predicted molar refractivity (Wildman–Crippen MR) is 51.2 cm³/mol. The van der Waals surface area contributed by atoms with E-state index in [9.17, 15) is 4.79 Å². The summed E-state index contributed by atoms with van der Waals surface area (Å²) in [4.78, 5) is 10.3. The molecule has 0 amide bonds.